The molecule has 2 aromatic rings. The zero-order valence-corrected chi connectivity index (χ0v) is 11.9. The Kier molecular flexibility index (Phi) is 4.13. The maximum absolute atomic E-state index is 13.6. The van der Waals surface area contributed by atoms with Gasteiger partial charge in [-0.15, -0.1) is 0 Å². The highest BCUT2D eigenvalue weighted by molar-refractivity contribution is 14.1. The van der Waals surface area contributed by atoms with Crippen LogP contribution >= 0.6 is 34.2 Å². The first kappa shape index (κ1) is 13.2. The van der Waals surface area contributed by atoms with E-state index in [1.807, 2.05) is 22.6 Å². The molecule has 0 bridgehead atoms. The molecule has 1 aromatic heterocycles. The number of nitrogens with one attached hydrogen (secondary N) is 1. The number of anilines is 1. The lowest BCUT2D eigenvalue weighted by molar-refractivity contribution is 0.102. The van der Waals surface area contributed by atoms with E-state index in [0.29, 0.717) is 0 Å². The summed E-state index contributed by atoms with van der Waals surface area (Å²) in [4.78, 5) is 15.7. The van der Waals surface area contributed by atoms with Crippen LogP contribution in [0.15, 0.2) is 36.5 Å². The third kappa shape index (κ3) is 2.97. The summed E-state index contributed by atoms with van der Waals surface area (Å²) in [6.45, 7) is 0. The highest BCUT2D eigenvalue weighted by atomic mass is 127. The van der Waals surface area contributed by atoms with E-state index in [2.05, 4.69) is 10.3 Å². The van der Waals surface area contributed by atoms with Crippen molar-refractivity contribution in [2.45, 2.75) is 0 Å². The number of hydrogen-bond acceptors (Lipinski definition) is 2. The number of carbonyl (C=O) groups excluding carboxylic acids is 1. The van der Waals surface area contributed by atoms with Crippen LogP contribution in [0.5, 0.6) is 0 Å². The first-order valence-electron chi connectivity index (χ1n) is 4.95. The fourth-order valence-corrected chi connectivity index (χ4v) is 1.99. The normalized spacial score (nSPS) is 10.2. The minimum absolute atomic E-state index is 0.0842. The molecular weight excluding hydrogens is 370 g/mol. The lowest BCUT2D eigenvalue weighted by Gasteiger charge is -2.07. The molecule has 0 spiro atoms. The van der Waals surface area contributed by atoms with Crippen molar-refractivity contribution in [2.24, 2.45) is 0 Å². The summed E-state index contributed by atoms with van der Waals surface area (Å²) in [5.41, 5.74) is 0.317. The smallest absolute Gasteiger partial charge is 0.258 e. The van der Waals surface area contributed by atoms with E-state index < -0.39 is 11.7 Å². The molecule has 0 aliphatic carbocycles. The van der Waals surface area contributed by atoms with Gasteiger partial charge in [0.1, 0.15) is 11.0 Å². The Labute approximate surface area is 122 Å². The molecule has 0 saturated carbocycles. The molecule has 92 valence electrons. The fourth-order valence-electron chi connectivity index (χ4n) is 1.34. The summed E-state index contributed by atoms with van der Waals surface area (Å²) >= 11 is 7.77. The van der Waals surface area contributed by atoms with Crippen molar-refractivity contribution in [1.82, 2.24) is 4.98 Å². The van der Waals surface area contributed by atoms with E-state index in [4.69, 9.17) is 11.6 Å². The number of rotatable bonds is 2. The van der Waals surface area contributed by atoms with Gasteiger partial charge in [-0.1, -0.05) is 11.6 Å². The van der Waals surface area contributed by atoms with Crippen molar-refractivity contribution in [3.8, 4) is 0 Å². The lowest BCUT2D eigenvalue weighted by atomic mass is 10.2. The first-order chi connectivity index (χ1) is 8.58. The van der Waals surface area contributed by atoms with Gasteiger partial charge in [0, 0.05) is 9.77 Å². The first-order valence-corrected chi connectivity index (χ1v) is 6.40. The average molecular weight is 377 g/mol. The Morgan fingerprint density at radius 2 is 2.17 bits per heavy atom. The maximum Gasteiger partial charge on any atom is 0.258 e. The summed E-state index contributed by atoms with van der Waals surface area (Å²) in [5, 5.41) is 2.54. The fraction of sp³-hybridized carbons (Fsp3) is 0. The Bertz CT molecular complexity index is 606. The van der Waals surface area contributed by atoms with Gasteiger partial charge in [0.15, 0.2) is 0 Å². The second-order valence-corrected chi connectivity index (χ2v) is 5.02. The van der Waals surface area contributed by atoms with E-state index in [-0.39, 0.29) is 16.4 Å². The SMILES string of the molecule is O=C(Nc1ccc(I)cc1F)c1cccnc1Cl. The number of amides is 1. The predicted molar refractivity (Wildman–Crippen MR) is 76.3 cm³/mol. The molecule has 6 heteroatoms. The van der Waals surface area contributed by atoms with Gasteiger partial charge in [0.25, 0.3) is 5.91 Å². The zero-order chi connectivity index (χ0) is 13.1. The van der Waals surface area contributed by atoms with Gasteiger partial charge in [0.05, 0.1) is 11.3 Å². The number of aromatic nitrogens is 1. The molecule has 18 heavy (non-hydrogen) atoms. The molecule has 1 amide bonds. The molecule has 1 heterocycles. The molecule has 0 aliphatic heterocycles. The van der Waals surface area contributed by atoms with Gasteiger partial charge in [-0.25, -0.2) is 9.37 Å². The Balaban J connectivity index is 2.24. The number of benzene rings is 1. The van der Waals surface area contributed by atoms with Crippen LogP contribution in [0.3, 0.4) is 0 Å². The van der Waals surface area contributed by atoms with Crippen molar-refractivity contribution in [1.29, 1.82) is 0 Å². The summed E-state index contributed by atoms with van der Waals surface area (Å²) in [5.74, 6) is -0.983. The van der Waals surface area contributed by atoms with E-state index in [9.17, 15) is 9.18 Å². The van der Waals surface area contributed by atoms with Crippen molar-refractivity contribution in [3.63, 3.8) is 0 Å². The standard InChI is InChI=1S/C12H7ClFIN2O/c13-11-8(2-1-5-16-11)12(18)17-10-4-3-7(15)6-9(10)14/h1-6H,(H,17,18). The van der Waals surface area contributed by atoms with Crippen LogP contribution in [-0.2, 0) is 0 Å². The van der Waals surface area contributed by atoms with Crippen LogP contribution in [0.4, 0.5) is 10.1 Å². The molecule has 0 saturated heterocycles. The number of halogens is 3. The quantitative estimate of drug-likeness (QED) is 0.641. The lowest BCUT2D eigenvalue weighted by Crippen LogP contribution is -2.14. The van der Waals surface area contributed by atoms with E-state index in [1.54, 1.807) is 12.1 Å². The van der Waals surface area contributed by atoms with Crippen LogP contribution in [-0.4, -0.2) is 10.9 Å². The molecule has 2 rings (SSSR count). The second kappa shape index (κ2) is 5.62. The molecule has 3 nitrogen and oxygen atoms in total. The van der Waals surface area contributed by atoms with Crippen LogP contribution in [0.2, 0.25) is 5.15 Å². The van der Waals surface area contributed by atoms with Gasteiger partial charge < -0.3 is 5.32 Å². The summed E-state index contributed by atoms with van der Waals surface area (Å²) < 4.78 is 14.3. The van der Waals surface area contributed by atoms with E-state index >= 15 is 0 Å². The molecule has 1 aromatic carbocycles. The Morgan fingerprint density at radius 3 is 2.83 bits per heavy atom. The van der Waals surface area contributed by atoms with Gasteiger partial charge in [-0.2, -0.15) is 0 Å². The van der Waals surface area contributed by atoms with Crippen molar-refractivity contribution >= 4 is 45.8 Å². The minimum Gasteiger partial charge on any atom is -0.319 e. The number of carbonyl (C=O) groups is 1. The zero-order valence-electron chi connectivity index (χ0n) is 8.95. The number of hydrogen-bond donors (Lipinski definition) is 1. The predicted octanol–water partition coefficient (Wildman–Crippen LogP) is 3.73. The number of pyridine rings is 1. The second-order valence-electron chi connectivity index (χ2n) is 3.42. The topological polar surface area (TPSA) is 42.0 Å². The third-order valence-electron chi connectivity index (χ3n) is 2.18. The van der Waals surface area contributed by atoms with Crippen LogP contribution in [0.1, 0.15) is 10.4 Å². The highest BCUT2D eigenvalue weighted by Crippen LogP contribution is 2.19. The summed E-state index contributed by atoms with van der Waals surface area (Å²) in [6.07, 6.45) is 1.48. The van der Waals surface area contributed by atoms with Crippen molar-refractivity contribution in [2.75, 3.05) is 5.32 Å². The summed E-state index contributed by atoms with van der Waals surface area (Å²) in [7, 11) is 0. The van der Waals surface area contributed by atoms with Crippen LogP contribution < -0.4 is 5.32 Å². The Hall–Kier alpha value is -1.21. The monoisotopic (exact) mass is 376 g/mol. The highest BCUT2D eigenvalue weighted by Gasteiger charge is 2.12. The van der Waals surface area contributed by atoms with Gasteiger partial charge in [-0.05, 0) is 52.9 Å². The van der Waals surface area contributed by atoms with Gasteiger partial charge in [-0.3, -0.25) is 4.79 Å². The van der Waals surface area contributed by atoms with Gasteiger partial charge in [0.2, 0.25) is 0 Å². The minimum atomic E-state index is -0.492. The summed E-state index contributed by atoms with van der Waals surface area (Å²) in [6, 6.07) is 7.64. The largest absolute Gasteiger partial charge is 0.319 e. The average Bonchev–Trinajstić information content (AvgIpc) is 2.33. The molecule has 0 fully saturated rings. The molecule has 0 atom stereocenters. The molecule has 0 aliphatic rings. The molecular formula is C12H7ClFIN2O. The van der Waals surface area contributed by atoms with Crippen LogP contribution in [0.25, 0.3) is 0 Å². The molecule has 0 unspecified atom stereocenters. The van der Waals surface area contributed by atoms with Gasteiger partial charge >= 0.3 is 0 Å². The van der Waals surface area contributed by atoms with Crippen molar-refractivity contribution < 1.29 is 9.18 Å². The Morgan fingerprint density at radius 1 is 1.39 bits per heavy atom. The third-order valence-corrected chi connectivity index (χ3v) is 3.16. The van der Waals surface area contributed by atoms with Crippen LogP contribution in [0, 0.1) is 9.39 Å². The number of nitrogens with zero attached hydrogens (tertiary/aromatic N) is 1. The molecule has 0 radical (unpaired) electrons. The van der Waals surface area contributed by atoms with E-state index in [1.165, 1.54) is 24.4 Å². The molecule has 1 N–H and O–H groups in total. The van der Waals surface area contributed by atoms with E-state index in [0.717, 1.165) is 3.57 Å². The maximum atomic E-state index is 13.6. The van der Waals surface area contributed by atoms with Crippen molar-refractivity contribution in [3.05, 3.63) is 56.6 Å².